The molecule has 2 atom stereocenters. The van der Waals surface area contributed by atoms with Gasteiger partial charge in [-0.2, -0.15) is 0 Å². The first-order chi connectivity index (χ1) is 12.2. The molecule has 0 amide bonds. The normalized spacial score (nSPS) is 31.0. The van der Waals surface area contributed by atoms with Gasteiger partial charge in [0.15, 0.2) is 5.79 Å². The predicted octanol–water partition coefficient (Wildman–Crippen LogP) is 5.23. The number of benzene rings is 1. The molecule has 3 aliphatic rings. The Kier molecular flexibility index (Phi) is 4.07. The van der Waals surface area contributed by atoms with Gasteiger partial charge in [-0.05, 0) is 61.6 Å². The van der Waals surface area contributed by atoms with Gasteiger partial charge in [-0.3, -0.25) is 0 Å². The first-order valence-corrected chi connectivity index (χ1v) is 13.1. The largest absolute Gasteiger partial charge is 0.339 e. The van der Waals surface area contributed by atoms with Crippen molar-refractivity contribution in [2.24, 2.45) is 0 Å². The lowest BCUT2D eigenvalue weighted by molar-refractivity contribution is -0.153. The van der Waals surface area contributed by atoms with Crippen molar-refractivity contribution < 1.29 is 9.47 Å². The molecule has 1 aromatic carbocycles. The van der Waals surface area contributed by atoms with Crippen molar-refractivity contribution in [2.45, 2.75) is 70.2 Å². The second-order valence-electron chi connectivity index (χ2n) is 9.05. The molecule has 1 heterocycles. The van der Waals surface area contributed by atoms with E-state index in [9.17, 15) is 0 Å². The molecule has 1 saturated carbocycles. The van der Waals surface area contributed by atoms with Crippen LogP contribution in [0.15, 0.2) is 52.8 Å². The van der Waals surface area contributed by atoms with Gasteiger partial charge in [0.1, 0.15) is 11.7 Å². The molecule has 4 rings (SSSR count). The lowest BCUT2D eigenvalue weighted by Gasteiger charge is -2.50. The molecular formula is C23H28O2Si. The van der Waals surface area contributed by atoms with Crippen LogP contribution in [-0.2, 0) is 9.47 Å². The van der Waals surface area contributed by atoms with Gasteiger partial charge in [-0.1, -0.05) is 55.8 Å². The first kappa shape index (κ1) is 17.8. The molecule has 1 saturated heterocycles. The molecule has 1 aromatic rings. The van der Waals surface area contributed by atoms with Crippen molar-refractivity contribution in [2.75, 3.05) is 0 Å². The zero-order chi connectivity index (χ0) is 18.6. The van der Waals surface area contributed by atoms with Crippen LogP contribution in [0, 0.1) is 11.8 Å². The van der Waals surface area contributed by atoms with Gasteiger partial charge in [0.05, 0.1) is 8.07 Å². The fourth-order valence-corrected chi connectivity index (χ4v) is 5.98. The maximum Gasteiger partial charge on any atom is 0.165 e. The van der Waals surface area contributed by atoms with E-state index in [0.717, 1.165) is 18.4 Å². The molecule has 2 aliphatic carbocycles. The molecule has 1 spiro atoms. The van der Waals surface area contributed by atoms with Crippen LogP contribution in [0.3, 0.4) is 0 Å². The van der Waals surface area contributed by atoms with Crippen molar-refractivity contribution in [3.05, 3.63) is 58.3 Å². The van der Waals surface area contributed by atoms with E-state index >= 15 is 0 Å². The van der Waals surface area contributed by atoms with Crippen molar-refractivity contribution in [3.63, 3.8) is 0 Å². The van der Waals surface area contributed by atoms with Crippen LogP contribution < -0.4 is 0 Å². The monoisotopic (exact) mass is 364 g/mol. The summed E-state index contributed by atoms with van der Waals surface area (Å²) in [7, 11) is -1.63. The highest BCUT2D eigenvalue weighted by atomic mass is 28.3. The quantitative estimate of drug-likeness (QED) is 0.502. The van der Waals surface area contributed by atoms with E-state index in [-0.39, 0.29) is 11.7 Å². The van der Waals surface area contributed by atoms with E-state index in [1.54, 1.807) is 0 Å². The number of hydrogen-bond donors (Lipinski definition) is 0. The summed E-state index contributed by atoms with van der Waals surface area (Å²) in [5.74, 6) is 6.43. The van der Waals surface area contributed by atoms with Crippen molar-refractivity contribution in [1.29, 1.82) is 0 Å². The smallest absolute Gasteiger partial charge is 0.165 e. The summed E-state index contributed by atoms with van der Waals surface area (Å²) in [5.41, 5.74) is 3.53. The topological polar surface area (TPSA) is 18.5 Å². The molecule has 26 heavy (non-hydrogen) atoms. The molecule has 0 unspecified atom stereocenters. The van der Waals surface area contributed by atoms with E-state index in [1.165, 1.54) is 22.8 Å². The van der Waals surface area contributed by atoms with E-state index < -0.39 is 13.9 Å². The number of ether oxygens (including phenoxy) is 2. The second-order valence-corrected chi connectivity index (χ2v) is 14.1. The Morgan fingerprint density at radius 3 is 2.58 bits per heavy atom. The molecule has 2 nitrogen and oxygen atoms in total. The molecule has 2 fully saturated rings. The number of allylic oxidation sites excluding steroid dienone is 2. The van der Waals surface area contributed by atoms with Gasteiger partial charge in [0.25, 0.3) is 0 Å². The Morgan fingerprint density at radius 1 is 1.15 bits per heavy atom. The van der Waals surface area contributed by atoms with Crippen LogP contribution in [0.5, 0.6) is 0 Å². The third-order valence-electron chi connectivity index (χ3n) is 5.49. The van der Waals surface area contributed by atoms with Gasteiger partial charge >= 0.3 is 0 Å². The number of hydrogen-bond acceptors (Lipinski definition) is 2. The van der Waals surface area contributed by atoms with Crippen molar-refractivity contribution >= 4 is 8.07 Å². The second kappa shape index (κ2) is 5.95. The minimum Gasteiger partial charge on any atom is -0.339 e. The van der Waals surface area contributed by atoms with E-state index in [4.69, 9.17) is 9.47 Å². The van der Waals surface area contributed by atoms with Crippen LogP contribution >= 0.6 is 0 Å². The Bertz CT molecular complexity index is 846. The zero-order valence-electron chi connectivity index (χ0n) is 16.5. The van der Waals surface area contributed by atoms with Gasteiger partial charge in [0.2, 0.25) is 0 Å². The maximum atomic E-state index is 6.44. The van der Waals surface area contributed by atoms with Crippen LogP contribution in [0.1, 0.15) is 38.7 Å². The summed E-state index contributed by atoms with van der Waals surface area (Å²) < 4.78 is 12.8. The highest BCUT2D eigenvalue weighted by molar-refractivity contribution is 6.84. The minimum atomic E-state index is -1.63. The zero-order valence-corrected chi connectivity index (χ0v) is 17.5. The Labute approximate surface area is 158 Å². The SMILES string of the molecule is CC1(C)O[C@H]2/C(=C(/C#Cc3ccccc3)[Si](C)(C)C)C3=CCCC[C@@]32O1. The summed E-state index contributed by atoms with van der Waals surface area (Å²) in [5, 5.41) is 1.32. The molecule has 0 aromatic heterocycles. The van der Waals surface area contributed by atoms with E-state index in [0.29, 0.717) is 0 Å². The summed E-state index contributed by atoms with van der Waals surface area (Å²) >= 11 is 0. The van der Waals surface area contributed by atoms with Crippen molar-refractivity contribution in [3.8, 4) is 11.8 Å². The molecular weight excluding hydrogens is 336 g/mol. The van der Waals surface area contributed by atoms with E-state index in [2.05, 4.69) is 49.7 Å². The van der Waals surface area contributed by atoms with Crippen molar-refractivity contribution in [1.82, 2.24) is 0 Å². The molecule has 0 N–H and O–H groups in total. The van der Waals surface area contributed by atoms with Crippen LogP contribution in [0.4, 0.5) is 0 Å². The average molecular weight is 365 g/mol. The minimum absolute atomic E-state index is 0.0378. The molecule has 0 radical (unpaired) electrons. The molecule has 1 aliphatic heterocycles. The molecule has 0 bridgehead atoms. The average Bonchev–Trinajstić information content (AvgIpc) is 2.77. The summed E-state index contributed by atoms with van der Waals surface area (Å²) in [6, 6.07) is 10.3. The first-order valence-electron chi connectivity index (χ1n) is 9.64. The maximum absolute atomic E-state index is 6.44. The third kappa shape index (κ3) is 2.81. The highest BCUT2D eigenvalue weighted by Gasteiger charge is 2.66. The Hall–Kier alpha value is -1.60. The van der Waals surface area contributed by atoms with E-state index in [1.807, 2.05) is 32.0 Å². The fourth-order valence-electron chi connectivity index (χ4n) is 4.47. The lowest BCUT2D eigenvalue weighted by atomic mass is 9.62. The standard InChI is InChI=1S/C23H28O2Si/c1-22(2)24-21-20(18-13-9-10-16-23(18,21)25-22)19(26(3,4)5)15-14-17-11-7-6-8-12-17/h6-8,11-13,21H,9-10,16H2,1-5H3/b20-19-/t21-,23+/m0/s1. The fraction of sp³-hybridized carbons (Fsp3) is 0.478. The predicted molar refractivity (Wildman–Crippen MR) is 108 cm³/mol. The summed E-state index contributed by atoms with van der Waals surface area (Å²) in [4.78, 5) is 0. The Morgan fingerprint density at radius 2 is 1.88 bits per heavy atom. The summed E-state index contributed by atoms with van der Waals surface area (Å²) in [6.07, 6.45) is 5.77. The number of rotatable bonds is 1. The summed E-state index contributed by atoms with van der Waals surface area (Å²) in [6.45, 7) is 11.2. The van der Waals surface area contributed by atoms with Gasteiger partial charge in [-0.25, -0.2) is 0 Å². The highest BCUT2D eigenvalue weighted by Crippen LogP contribution is 2.61. The van der Waals surface area contributed by atoms with Crippen LogP contribution in [0.2, 0.25) is 19.6 Å². The van der Waals surface area contributed by atoms with Gasteiger partial charge < -0.3 is 9.47 Å². The molecule has 3 heteroatoms. The van der Waals surface area contributed by atoms with Gasteiger partial charge in [0, 0.05) is 5.56 Å². The third-order valence-corrected chi connectivity index (χ3v) is 7.38. The van der Waals surface area contributed by atoms with Gasteiger partial charge in [-0.15, -0.1) is 0 Å². The Balaban J connectivity index is 1.84. The van der Waals surface area contributed by atoms with Crippen LogP contribution in [-0.4, -0.2) is 25.6 Å². The van der Waals surface area contributed by atoms with Crippen LogP contribution in [0.25, 0.3) is 0 Å². The molecule has 136 valence electrons. The lowest BCUT2D eigenvalue weighted by Crippen LogP contribution is -2.56.